The van der Waals surface area contributed by atoms with Crippen LogP contribution in [-0.4, -0.2) is 32.2 Å². The van der Waals surface area contributed by atoms with E-state index in [1.165, 1.54) is 6.42 Å². The summed E-state index contributed by atoms with van der Waals surface area (Å²) in [5, 5.41) is 12.3. The number of nitriles is 1. The third-order valence-electron chi connectivity index (χ3n) is 3.08. The fourth-order valence-electron chi connectivity index (χ4n) is 2.20. The Kier molecular flexibility index (Phi) is 7.06. The summed E-state index contributed by atoms with van der Waals surface area (Å²) in [6.45, 7) is 0.308. The standard InChI is InChI=1S/C12H20F2N2O/c13-12(14)9-17-7-6-16-11-5-3-1-2-4-10(11)8-15/h10-12,16H,1-7,9H2. The van der Waals surface area contributed by atoms with Gasteiger partial charge in [-0.1, -0.05) is 19.3 Å². The van der Waals surface area contributed by atoms with Crippen LogP contribution < -0.4 is 5.32 Å². The van der Waals surface area contributed by atoms with E-state index in [1.54, 1.807) is 0 Å². The van der Waals surface area contributed by atoms with E-state index in [4.69, 9.17) is 10.00 Å². The van der Waals surface area contributed by atoms with E-state index in [-0.39, 0.29) is 18.6 Å². The molecule has 0 aliphatic heterocycles. The molecule has 3 nitrogen and oxygen atoms in total. The van der Waals surface area contributed by atoms with Crippen LogP contribution in [0.4, 0.5) is 8.78 Å². The molecule has 1 aliphatic rings. The predicted molar refractivity (Wildman–Crippen MR) is 60.8 cm³/mol. The highest BCUT2D eigenvalue weighted by atomic mass is 19.3. The van der Waals surface area contributed by atoms with Gasteiger partial charge in [-0.25, -0.2) is 8.78 Å². The van der Waals surface area contributed by atoms with Crippen LogP contribution in [0.1, 0.15) is 32.1 Å². The highest BCUT2D eigenvalue weighted by Crippen LogP contribution is 2.22. The van der Waals surface area contributed by atoms with Crippen LogP contribution in [0.2, 0.25) is 0 Å². The lowest BCUT2D eigenvalue weighted by atomic mass is 9.96. The lowest BCUT2D eigenvalue weighted by Gasteiger charge is -2.20. The van der Waals surface area contributed by atoms with Crippen molar-refractivity contribution in [3.8, 4) is 6.07 Å². The van der Waals surface area contributed by atoms with Gasteiger partial charge in [0.25, 0.3) is 6.43 Å². The lowest BCUT2D eigenvalue weighted by molar-refractivity contribution is 0.0179. The molecule has 5 heteroatoms. The van der Waals surface area contributed by atoms with Crippen molar-refractivity contribution < 1.29 is 13.5 Å². The molecule has 0 amide bonds. The average molecular weight is 246 g/mol. The summed E-state index contributed by atoms with van der Waals surface area (Å²) in [5.41, 5.74) is 0. The molecule has 0 aromatic carbocycles. The Morgan fingerprint density at radius 2 is 2.06 bits per heavy atom. The minimum atomic E-state index is -2.40. The summed E-state index contributed by atoms with van der Waals surface area (Å²) in [6, 6.07) is 2.52. The molecular formula is C12H20F2N2O. The van der Waals surface area contributed by atoms with E-state index in [0.717, 1.165) is 25.7 Å². The number of hydrogen-bond donors (Lipinski definition) is 1. The molecule has 0 aromatic heterocycles. The molecule has 1 rings (SSSR count). The Morgan fingerprint density at radius 3 is 2.76 bits per heavy atom. The third-order valence-corrected chi connectivity index (χ3v) is 3.08. The summed E-state index contributed by atoms with van der Waals surface area (Å²) in [4.78, 5) is 0. The van der Waals surface area contributed by atoms with Crippen molar-refractivity contribution >= 4 is 0 Å². The molecule has 2 unspecified atom stereocenters. The first-order valence-electron chi connectivity index (χ1n) is 6.23. The zero-order chi connectivity index (χ0) is 12.5. The van der Waals surface area contributed by atoms with E-state index in [2.05, 4.69) is 11.4 Å². The highest BCUT2D eigenvalue weighted by molar-refractivity contribution is 4.93. The van der Waals surface area contributed by atoms with E-state index in [1.807, 2.05) is 0 Å². The van der Waals surface area contributed by atoms with Crippen LogP contribution >= 0.6 is 0 Å². The molecule has 1 saturated carbocycles. The van der Waals surface area contributed by atoms with Crippen molar-refractivity contribution in [3.05, 3.63) is 0 Å². The third kappa shape index (κ3) is 5.94. The number of ether oxygens (including phenoxy) is 1. The largest absolute Gasteiger partial charge is 0.374 e. The summed E-state index contributed by atoms with van der Waals surface area (Å²) in [5.74, 6) is 0.0487. The Hall–Kier alpha value is -0.730. The molecule has 17 heavy (non-hydrogen) atoms. The molecule has 0 heterocycles. The van der Waals surface area contributed by atoms with Crippen molar-refractivity contribution in [2.45, 2.75) is 44.6 Å². The number of rotatable bonds is 6. The second-order valence-corrected chi connectivity index (χ2v) is 4.40. The van der Waals surface area contributed by atoms with Crippen molar-refractivity contribution in [3.63, 3.8) is 0 Å². The maximum absolute atomic E-state index is 11.8. The molecule has 0 aromatic rings. The molecule has 1 fully saturated rings. The Bertz CT molecular complexity index is 243. The van der Waals surface area contributed by atoms with Crippen LogP contribution in [-0.2, 0) is 4.74 Å². The van der Waals surface area contributed by atoms with Gasteiger partial charge in [0.05, 0.1) is 18.6 Å². The molecule has 98 valence electrons. The first kappa shape index (κ1) is 14.3. The van der Waals surface area contributed by atoms with E-state index >= 15 is 0 Å². The fraction of sp³-hybridized carbons (Fsp3) is 0.917. The van der Waals surface area contributed by atoms with Crippen molar-refractivity contribution in [1.82, 2.24) is 5.32 Å². The van der Waals surface area contributed by atoms with Gasteiger partial charge in [-0.2, -0.15) is 5.26 Å². The zero-order valence-electron chi connectivity index (χ0n) is 10.0. The summed E-state index contributed by atoms with van der Waals surface area (Å²) in [6.07, 6.45) is 2.95. The topological polar surface area (TPSA) is 45.0 Å². The van der Waals surface area contributed by atoms with Gasteiger partial charge >= 0.3 is 0 Å². The zero-order valence-corrected chi connectivity index (χ0v) is 10.0. The van der Waals surface area contributed by atoms with Gasteiger partial charge in [0.2, 0.25) is 0 Å². The van der Waals surface area contributed by atoms with E-state index < -0.39 is 13.0 Å². The predicted octanol–water partition coefficient (Wildman–Crippen LogP) is 2.33. The van der Waals surface area contributed by atoms with Crippen LogP contribution in [0.3, 0.4) is 0 Å². The molecule has 2 atom stereocenters. The molecule has 0 bridgehead atoms. The van der Waals surface area contributed by atoms with E-state index in [9.17, 15) is 8.78 Å². The number of alkyl halides is 2. The second kappa shape index (κ2) is 8.37. The first-order chi connectivity index (χ1) is 8.24. The SMILES string of the molecule is N#CC1CCCCCC1NCCOCC(F)F. The van der Waals surface area contributed by atoms with Crippen LogP contribution in [0.15, 0.2) is 0 Å². The highest BCUT2D eigenvalue weighted by Gasteiger charge is 2.22. The van der Waals surface area contributed by atoms with Gasteiger partial charge in [0.1, 0.15) is 6.61 Å². The maximum Gasteiger partial charge on any atom is 0.261 e. The van der Waals surface area contributed by atoms with Crippen molar-refractivity contribution in [2.75, 3.05) is 19.8 Å². The first-order valence-corrected chi connectivity index (χ1v) is 6.23. The number of hydrogen-bond acceptors (Lipinski definition) is 3. The Labute approximate surface area is 101 Å². The Balaban J connectivity index is 2.17. The van der Waals surface area contributed by atoms with Crippen molar-refractivity contribution in [2.24, 2.45) is 5.92 Å². The monoisotopic (exact) mass is 246 g/mol. The number of nitrogens with one attached hydrogen (secondary N) is 1. The summed E-state index contributed by atoms with van der Waals surface area (Å²) in [7, 11) is 0. The van der Waals surface area contributed by atoms with Crippen LogP contribution in [0, 0.1) is 17.2 Å². The van der Waals surface area contributed by atoms with E-state index in [0.29, 0.717) is 6.54 Å². The molecule has 1 aliphatic carbocycles. The number of nitrogens with zero attached hydrogens (tertiary/aromatic N) is 1. The van der Waals surface area contributed by atoms with Gasteiger partial charge < -0.3 is 10.1 Å². The van der Waals surface area contributed by atoms with Gasteiger partial charge in [0.15, 0.2) is 0 Å². The number of halogens is 2. The Morgan fingerprint density at radius 1 is 1.29 bits per heavy atom. The summed E-state index contributed by atoms with van der Waals surface area (Å²) >= 11 is 0. The van der Waals surface area contributed by atoms with Crippen LogP contribution in [0.5, 0.6) is 0 Å². The second-order valence-electron chi connectivity index (χ2n) is 4.40. The fourth-order valence-corrected chi connectivity index (χ4v) is 2.20. The molecule has 0 saturated heterocycles. The molecule has 0 spiro atoms. The minimum Gasteiger partial charge on any atom is -0.374 e. The van der Waals surface area contributed by atoms with Crippen LogP contribution in [0.25, 0.3) is 0 Å². The maximum atomic E-state index is 11.8. The smallest absolute Gasteiger partial charge is 0.261 e. The quantitative estimate of drug-likeness (QED) is 0.578. The van der Waals surface area contributed by atoms with Crippen molar-refractivity contribution in [1.29, 1.82) is 5.26 Å². The molecule has 1 N–H and O–H groups in total. The lowest BCUT2D eigenvalue weighted by Crippen LogP contribution is -2.37. The van der Waals surface area contributed by atoms with Gasteiger partial charge in [-0.3, -0.25) is 0 Å². The average Bonchev–Trinajstić information content (AvgIpc) is 2.53. The summed E-state index contributed by atoms with van der Waals surface area (Å²) < 4.78 is 28.4. The molecule has 0 radical (unpaired) electrons. The van der Waals surface area contributed by atoms with Gasteiger partial charge in [-0.15, -0.1) is 0 Å². The minimum absolute atomic E-state index is 0.0487. The normalized spacial score (nSPS) is 25.5. The molecular weight excluding hydrogens is 226 g/mol. The van der Waals surface area contributed by atoms with Gasteiger partial charge in [0, 0.05) is 12.6 Å². The van der Waals surface area contributed by atoms with Gasteiger partial charge in [-0.05, 0) is 12.8 Å².